The molecule has 1 aromatic carbocycles. The lowest BCUT2D eigenvalue weighted by Gasteiger charge is -2.23. The summed E-state index contributed by atoms with van der Waals surface area (Å²) in [5.41, 5.74) is 0.519. The first-order chi connectivity index (χ1) is 9.49. The number of carbonyl (C=O) groups is 1. The summed E-state index contributed by atoms with van der Waals surface area (Å²) in [6, 6.07) is 5.35. The Kier molecular flexibility index (Phi) is 4.29. The quantitative estimate of drug-likeness (QED) is 0.786. The van der Waals surface area contributed by atoms with Gasteiger partial charge in [-0.15, -0.1) is 0 Å². The number of imidazole rings is 1. The highest BCUT2D eigenvalue weighted by atomic mass is 19.1. The summed E-state index contributed by atoms with van der Waals surface area (Å²) >= 11 is 0. The third kappa shape index (κ3) is 3.11. The normalized spacial score (nSPS) is 12.7. The van der Waals surface area contributed by atoms with Gasteiger partial charge in [-0.25, -0.2) is 9.37 Å². The van der Waals surface area contributed by atoms with Gasteiger partial charge in [0.25, 0.3) is 0 Å². The molecule has 1 unspecified atom stereocenters. The summed E-state index contributed by atoms with van der Waals surface area (Å²) in [6.07, 6.45) is 3.60. The molecule has 0 fully saturated rings. The van der Waals surface area contributed by atoms with Crippen molar-refractivity contribution in [3.05, 3.63) is 53.9 Å². The molecule has 0 N–H and O–H groups in total. The van der Waals surface area contributed by atoms with Crippen molar-refractivity contribution >= 4 is 5.78 Å². The number of hydrogen-bond donors (Lipinski definition) is 0. The van der Waals surface area contributed by atoms with E-state index >= 15 is 0 Å². The van der Waals surface area contributed by atoms with Crippen LogP contribution < -0.4 is 0 Å². The van der Waals surface area contributed by atoms with E-state index in [-0.39, 0.29) is 17.6 Å². The molecular formula is C15H18FN3O. The zero-order valence-corrected chi connectivity index (χ0v) is 11.9. The second-order valence-electron chi connectivity index (χ2n) is 4.92. The largest absolute Gasteiger partial charge is 0.337 e. The van der Waals surface area contributed by atoms with Crippen LogP contribution in [-0.4, -0.2) is 33.3 Å². The Morgan fingerprint density at radius 3 is 2.60 bits per heavy atom. The second kappa shape index (κ2) is 5.96. The fourth-order valence-corrected chi connectivity index (χ4v) is 1.96. The van der Waals surface area contributed by atoms with Crippen LogP contribution in [0.5, 0.6) is 0 Å². The molecule has 0 radical (unpaired) electrons. The van der Waals surface area contributed by atoms with Gasteiger partial charge in [-0.2, -0.15) is 0 Å². The summed E-state index contributed by atoms with van der Waals surface area (Å²) in [4.78, 5) is 18.5. The van der Waals surface area contributed by atoms with Gasteiger partial charge in [0.2, 0.25) is 0 Å². The molecule has 0 amide bonds. The summed E-state index contributed by atoms with van der Waals surface area (Å²) in [6.45, 7) is 2.42. The molecule has 0 aliphatic carbocycles. The molecule has 2 aromatic rings. The van der Waals surface area contributed by atoms with E-state index in [1.807, 2.05) is 36.7 Å². The SMILES string of the molecule is CC(C(=O)c1ccc(F)cc1)N(C)Cc1nccn1C. The van der Waals surface area contributed by atoms with Gasteiger partial charge in [0.05, 0.1) is 12.6 Å². The lowest BCUT2D eigenvalue weighted by molar-refractivity contribution is 0.0859. The number of rotatable bonds is 5. The number of aryl methyl sites for hydroxylation is 1. The van der Waals surface area contributed by atoms with Crippen molar-refractivity contribution in [1.29, 1.82) is 0 Å². The Balaban J connectivity index is 2.06. The van der Waals surface area contributed by atoms with Gasteiger partial charge >= 0.3 is 0 Å². The molecule has 5 heteroatoms. The average molecular weight is 275 g/mol. The summed E-state index contributed by atoms with van der Waals surface area (Å²) in [5.74, 6) is 0.531. The summed E-state index contributed by atoms with van der Waals surface area (Å²) in [7, 11) is 3.80. The van der Waals surface area contributed by atoms with Crippen LogP contribution in [0.25, 0.3) is 0 Å². The Labute approximate surface area is 117 Å². The Bertz CT molecular complexity index is 591. The Morgan fingerprint density at radius 2 is 2.05 bits per heavy atom. The topological polar surface area (TPSA) is 38.1 Å². The fraction of sp³-hybridized carbons (Fsp3) is 0.333. The van der Waals surface area contributed by atoms with Crippen LogP contribution in [-0.2, 0) is 13.6 Å². The van der Waals surface area contributed by atoms with Crippen molar-refractivity contribution in [2.45, 2.75) is 19.5 Å². The third-order valence-corrected chi connectivity index (χ3v) is 3.48. The van der Waals surface area contributed by atoms with Gasteiger partial charge in [0.1, 0.15) is 11.6 Å². The first kappa shape index (κ1) is 14.4. The highest BCUT2D eigenvalue weighted by molar-refractivity contribution is 5.99. The van der Waals surface area contributed by atoms with Crippen LogP contribution in [0.4, 0.5) is 4.39 Å². The molecule has 4 nitrogen and oxygen atoms in total. The first-order valence-corrected chi connectivity index (χ1v) is 6.45. The number of Topliss-reactive ketones (excluding diaryl/α,β-unsaturated/α-hetero) is 1. The smallest absolute Gasteiger partial charge is 0.179 e. The van der Waals surface area contributed by atoms with E-state index in [4.69, 9.17) is 0 Å². The van der Waals surface area contributed by atoms with Gasteiger partial charge < -0.3 is 4.57 Å². The maximum absolute atomic E-state index is 12.9. The van der Waals surface area contributed by atoms with Gasteiger partial charge in [-0.3, -0.25) is 9.69 Å². The minimum atomic E-state index is -0.337. The maximum atomic E-state index is 12.9. The van der Waals surface area contributed by atoms with Crippen molar-refractivity contribution in [2.75, 3.05) is 7.05 Å². The molecule has 20 heavy (non-hydrogen) atoms. The maximum Gasteiger partial charge on any atom is 0.179 e. The van der Waals surface area contributed by atoms with Crippen molar-refractivity contribution < 1.29 is 9.18 Å². The van der Waals surface area contributed by atoms with Crippen LogP contribution in [0.2, 0.25) is 0 Å². The number of benzene rings is 1. The van der Waals surface area contributed by atoms with Crippen molar-refractivity contribution in [2.24, 2.45) is 7.05 Å². The first-order valence-electron chi connectivity index (χ1n) is 6.45. The molecule has 0 aliphatic rings. The number of nitrogens with zero attached hydrogens (tertiary/aromatic N) is 3. The van der Waals surface area contributed by atoms with E-state index in [0.717, 1.165) is 5.82 Å². The van der Waals surface area contributed by atoms with Gasteiger partial charge in [0, 0.05) is 25.0 Å². The lowest BCUT2D eigenvalue weighted by Crippen LogP contribution is -2.36. The monoisotopic (exact) mass is 275 g/mol. The van der Waals surface area contributed by atoms with Crippen LogP contribution in [0.3, 0.4) is 0 Å². The molecule has 1 atom stereocenters. The molecule has 0 saturated carbocycles. The fourth-order valence-electron chi connectivity index (χ4n) is 1.96. The van der Waals surface area contributed by atoms with E-state index in [2.05, 4.69) is 4.98 Å². The number of hydrogen-bond acceptors (Lipinski definition) is 3. The molecule has 0 aliphatic heterocycles. The predicted molar refractivity (Wildman–Crippen MR) is 74.9 cm³/mol. The minimum Gasteiger partial charge on any atom is -0.337 e. The Morgan fingerprint density at radius 1 is 1.40 bits per heavy atom. The molecule has 0 bridgehead atoms. The second-order valence-corrected chi connectivity index (χ2v) is 4.92. The Hall–Kier alpha value is -2.01. The van der Waals surface area contributed by atoms with Crippen LogP contribution >= 0.6 is 0 Å². The average Bonchev–Trinajstić information content (AvgIpc) is 2.83. The van der Waals surface area contributed by atoms with Gasteiger partial charge in [-0.05, 0) is 38.2 Å². The predicted octanol–water partition coefficient (Wildman–Crippen LogP) is 2.26. The highest BCUT2D eigenvalue weighted by Gasteiger charge is 2.20. The molecule has 1 aromatic heterocycles. The van der Waals surface area contributed by atoms with Crippen molar-refractivity contribution in [1.82, 2.24) is 14.5 Å². The van der Waals surface area contributed by atoms with Crippen LogP contribution in [0, 0.1) is 5.82 Å². The van der Waals surface area contributed by atoms with Gasteiger partial charge in [-0.1, -0.05) is 0 Å². The minimum absolute atomic E-state index is 0.0262. The van der Waals surface area contributed by atoms with E-state index in [9.17, 15) is 9.18 Å². The molecule has 2 rings (SSSR count). The zero-order valence-electron chi connectivity index (χ0n) is 11.9. The summed E-state index contributed by atoms with van der Waals surface area (Å²) in [5, 5.41) is 0. The van der Waals surface area contributed by atoms with E-state index < -0.39 is 0 Å². The number of likely N-dealkylation sites (N-methyl/N-ethyl adjacent to an activating group) is 1. The highest BCUT2D eigenvalue weighted by Crippen LogP contribution is 2.11. The third-order valence-electron chi connectivity index (χ3n) is 3.48. The van der Waals surface area contributed by atoms with Crippen molar-refractivity contribution in [3.63, 3.8) is 0 Å². The lowest BCUT2D eigenvalue weighted by atomic mass is 10.0. The molecule has 0 spiro atoms. The van der Waals surface area contributed by atoms with Crippen LogP contribution in [0.1, 0.15) is 23.1 Å². The number of carbonyl (C=O) groups excluding carboxylic acids is 1. The zero-order chi connectivity index (χ0) is 14.7. The molecule has 0 saturated heterocycles. The number of ketones is 1. The van der Waals surface area contributed by atoms with Crippen LogP contribution in [0.15, 0.2) is 36.7 Å². The summed E-state index contributed by atoms with van der Waals surface area (Å²) < 4.78 is 14.8. The van der Waals surface area contributed by atoms with E-state index in [0.29, 0.717) is 12.1 Å². The molecule has 1 heterocycles. The standard InChI is InChI=1S/C15H18FN3O/c1-11(15(20)12-4-6-13(16)7-5-12)19(3)10-14-17-8-9-18(14)2/h4-9,11H,10H2,1-3H3. The number of aromatic nitrogens is 2. The molecular weight excluding hydrogens is 257 g/mol. The van der Waals surface area contributed by atoms with E-state index in [1.165, 1.54) is 24.3 Å². The number of halogens is 1. The van der Waals surface area contributed by atoms with Crippen molar-refractivity contribution in [3.8, 4) is 0 Å². The van der Waals surface area contributed by atoms with E-state index in [1.54, 1.807) is 6.20 Å². The molecule has 106 valence electrons. The van der Waals surface area contributed by atoms with Gasteiger partial charge in [0.15, 0.2) is 5.78 Å².